The van der Waals surface area contributed by atoms with E-state index in [0.29, 0.717) is 11.5 Å². The van der Waals surface area contributed by atoms with Crippen molar-refractivity contribution in [3.8, 4) is 11.5 Å². The Hall–Kier alpha value is -1.75. The van der Waals surface area contributed by atoms with Gasteiger partial charge < -0.3 is 20.3 Å². The monoisotopic (exact) mass is 223 g/mol. The molecule has 1 aromatic rings. The summed E-state index contributed by atoms with van der Waals surface area (Å²) in [6.45, 7) is 2.11. The van der Waals surface area contributed by atoms with Gasteiger partial charge in [0, 0.05) is 0 Å². The second-order valence-corrected chi connectivity index (χ2v) is 3.78. The fourth-order valence-corrected chi connectivity index (χ4v) is 1.63. The molecule has 5 nitrogen and oxygen atoms in total. The van der Waals surface area contributed by atoms with E-state index in [9.17, 15) is 4.79 Å². The van der Waals surface area contributed by atoms with Gasteiger partial charge in [-0.05, 0) is 36.6 Å². The maximum Gasteiger partial charge on any atom is 0.320 e. The zero-order chi connectivity index (χ0) is 11.7. The number of aliphatic carboxylic acids is 1. The highest BCUT2D eigenvalue weighted by Gasteiger charge is 2.19. The first-order valence-corrected chi connectivity index (χ1v) is 4.95. The molecule has 5 heteroatoms. The number of nitrogens with two attached hydrogens (primary N) is 1. The van der Waals surface area contributed by atoms with Gasteiger partial charge in [0.25, 0.3) is 0 Å². The maximum atomic E-state index is 10.7. The zero-order valence-corrected chi connectivity index (χ0v) is 8.90. The van der Waals surface area contributed by atoms with Gasteiger partial charge in [-0.15, -0.1) is 0 Å². The smallest absolute Gasteiger partial charge is 0.320 e. The number of hydrogen-bond donors (Lipinski definition) is 2. The number of hydrogen-bond acceptors (Lipinski definition) is 4. The Morgan fingerprint density at radius 1 is 1.50 bits per heavy atom. The predicted molar refractivity (Wildman–Crippen MR) is 56.6 cm³/mol. The molecule has 1 aliphatic rings. The normalized spacial score (nSPS) is 14.9. The molecule has 1 atom stereocenters. The van der Waals surface area contributed by atoms with Crippen LogP contribution < -0.4 is 15.2 Å². The first kappa shape index (κ1) is 10.8. The number of fused-ring (bicyclic) bond motifs is 1. The van der Waals surface area contributed by atoms with E-state index in [1.807, 2.05) is 13.0 Å². The fourth-order valence-electron chi connectivity index (χ4n) is 1.63. The van der Waals surface area contributed by atoms with Crippen LogP contribution in [0.2, 0.25) is 0 Å². The minimum atomic E-state index is -1.00. The Morgan fingerprint density at radius 3 is 2.75 bits per heavy atom. The molecule has 0 aromatic heterocycles. The van der Waals surface area contributed by atoms with E-state index in [2.05, 4.69) is 0 Å². The average Bonchev–Trinajstić information content (AvgIpc) is 2.65. The predicted octanol–water partition coefficient (Wildman–Crippen LogP) is 0.678. The van der Waals surface area contributed by atoms with Gasteiger partial charge in [-0.3, -0.25) is 4.79 Å². The van der Waals surface area contributed by atoms with Crippen molar-refractivity contribution in [2.75, 3.05) is 6.79 Å². The molecule has 0 amide bonds. The summed E-state index contributed by atoms with van der Waals surface area (Å²) in [5, 5.41) is 8.75. The van der Waals surface area contributed by atoms with Gasteiger partial charge >= 0.3 is 5.97 Å². The van der Waals surface area contributed by atoms with Crippen LogP contribution in [0.4, 0.5) is 0 Å². The number of carboxylic acid groups (broad SMARTS) is 1. The van der Waals surface area contributed by atoms with Crippen LogP contribution in [-0.4, -0.2) is 23.9 Å². The molecule has 0 spiro atoms. The molecule has 0 radical (unpaired) electrons. The van der Waals surface area contributed by atoms with Crippen LogP contribution in [0.3, 0.4) is 0 Å². The maximum absolute atomic E-state index is 10.7. The molecule has 1 aromatic carbocycles. The van der Waals surface area contributed by atoms with E-state index in [1.165, 1.54) is 0 Å². The van der Waals surface area contributed by atoms with Crippen LogP contribution in [0.25, 0.3) is 0 Å². The lowest BCUT2D eigenvalue weighted by molar-refractivity contribution is -0.138. The summed E-state index contributed by atoms with van der Waals surface area (Å²) in [4.78, 5) is 10.7. The van der Waals surface area contributed by atoms with Gasteiger partial charge in [0.05, 0.1) is 0 Å². The van der Waals surface area contributed by atoms with Crippen molar-refractivity contribution < 1.29 is 19.4 Å². The summed E-state index contributed by atoms with van der Waals surface area (Å²) in [7, 11) is 0. The highest BCUT2D eigenvalue weighted by molar-refractivity contribution is 5.73. The van der Waals surface area contributed by atoms with E-state index in [1.54, 1.807) is 6.07 Å². The lowest BCUT2D eigenvalue weighted by Gasteiger charge is -2.10. The molecule has 1 unspecified atom stereocenters. The Kier molecular flexibility index (Phi) is 2.70. The van der Waals surface area contributed by atoms with Gasteiger partial charge in [-0.1, -0.05) is 0 Å². The average molecular weight is 223 g/mol. The SMILES string of the molecule is Cc1cc2c(cc1CC(N)C(=O)O)OCO2. The van der Waals surface area contributed by atoms with Crippen molar-refractivity contribution in [1.29, 1.82) is 0 Å². The van der Waals surface area contributed by atoms with Crippen molar-refractivity contribution >= 4 is 5.97 Å². The highest BCUT2D eigenvalue weighted by atomic mass is 16.7. The number of rotatable bonds is 3. The summed E-state index contributed by atoms with van der Waals surface area (Å²) in [6.07, 6.45) is 0.289. The van der Waals surface area contributed by atoms with Crippen LogP contribution >= 0.6 is 0 Å². The summed E-state index contributed by atoms with van der Waals surface area (Å²) in [5.41, 5.74) is 7.32. The van der Waals surface area contributed by atoms with Crippen LogP contribution in [0.1, 0.15) is 11.1 Å². The minimum absolute atomic E-state index is 0.212. The molecule has 3 N–H and O–H groups in total. The van der Waals surface area contributed by atoms with Gasteiger partial charge in [-0.25, -0.2) is 0 Å². The molecule has 0 fully saturated rings. The number of aryl methyl sites for hydroxylation is 1. The molecular weight excluding hydrogens is 210 g/mol. The third-order valence-corrected chi connectivity index (χ3v) is 2.59. The van der Waals surface area contributed by atoms with Crippen molar-refractivity contribution in [2.45, 2.75) is 19.4 Å². The largest absolute Gasteiger partial charge is 0.480 e. The Balaban J connectivity index is 2.25. The highest BCUT2D eigenvalue weighted by Crippen LogP contribution is 2.34. The zero-order valence-electron chi connectivity index (χ0n) is 8.90. The van der Waals surface area contributed by atoms with Gasteiger partial charge in [-0.2, -0.15) is 0 Å². The van der Waals surface area contributed by atoms with Gasteiger partial charge in [0.15, 0.2) is 11.5 Å². The fraction of sp³-hybridized carbons (Fsp3) is 0.364. The van der Waals surface area contributed by atoms with Gasteiger partial charge in [0.1, 0.15) is 6.04 Å². The van der Waals surface area contributed by atoms with Crippen LogP contribution in [0.5, 0.6) is 11.5 Å². The first-order chi connectivity index (χ1) is 7.58. The summed E-state index contributed by atoms with van der Waals surface area (Å²) < 4.78 is 10.4. The van der Waals surface area contributed by atoms with Crippen LogP contribution in [-0.2, 0) is 11.2 Å². The molecule has 0 saturated carbocycles. The van der Waals surface area contributed by atoms with Crippen molar-refractivity contribution in [3.63, 3.8) is 0 Å². The quantitative estimate of drug-likeness (QED) is 0.787. The Bertz CT molecular complexity index is 430. The van der Waals surface area contributed by atoms with E-state index in [0.717, 1.165) is 11.1 Å². The second-order valence-electron chi connectivity index (χ2n) is 3.78. The molecule has 0 saturated heterocycles. The molecule has 1 heterocycles. The summed E-state index contributed by atoms with van der Waals surface area (Å²) in [6, 6.07) is 2.74. The number of benzene rings is 1. The summed E-state index contributed by atoms with van der Waals surface area (Å²) >= 11 is 0. The second kappa shape index (κ2) is 4.02. The standard InChI is InChI=1S/C11H13NO4/c1-6-2-9-10(16-5-15-9)4-7(6)3-8(12)11(13)14/h2,4,8H,3,5,12H2,1H3,(H,13,14). The third kappa shape index (κ3) is 1.94. The number of carbonyl (C=O) groups is 1. The molecule has 16 heavy (non-hydrogen) atoms. The topological polar surface area (TPSA) is 81.8 Å². The molecule has 0 bridgehead atoms. The minimum Gasteiger partial charge on any atom is -0.480 e. The van der Waals surface area contributed by atoms with Crippen molar-refractivity contribution in [2.24, 2.45) is 5.73 Å². The van der Waals surface area contributed by atoms with E-state index in [4.69, 9.17) is 20.3 Å². The van der Waals surface area contributed by atoms with Crippen LogP contribution in [0.15, 0.2) is 12.1 Å². The molecular formula is C11H13NO4. The Morgan fingerprint density at radius 2 is 2.12 bits per heavy atom. The molecule has 2 rings (SSSR count). The van der Waals surface area contributed by atoms with Crippen molar-refractivity contribution in [3.05, 3.63) is 23.3 Å². The molecule has 1 aliphatic heterocycles. The third-order valence-electron chi connectivity index (χ3n) is 2.59. The molecule has 86 valence electrons. The number of carboxylic acids is 1. The van der Waals surface area contributed by atoms with Gasteiger partial charge in [0.2, 0.25) is 6.79 Å². The Labute approximate surface area is 92.8 Å². The lowest BCUT2D eigenvalue weighted by atomic mass is 10.0. The van der Waals surface area contributed by atoms with Crippen molar-refractivity contribution in [1.82, 2.24) is 0 Å². The molecule has 0 aliphatic carbocycles. The van der Waals surface area contributed by atoms with E-state index in [-0.39, 0.29) is 13.2 Å². The lowest BCUT2D eigenvalue weighted by Crippen LogP contribution is -2.32. The van der Waals surface area contributed by atoms with E-state index >= 15 is 0 Å². The summed E-state index contributed by atoms with van der Waals surface area (Å²) in [5.74, 6) is 0.348. The van der Waals surface area contributed by atoms with E-state index < -0.39 is 12.0 Å². The van der Waals surface area contributed by atoms with Crippen LogP contribution in [0, 0.1) is 6.92 Å². The first-order valence-electron chi connectivity index (χ1n) is 4.95. The number of ether oxygens (including phenoxy) is 2.